The highest BCUT2D eigenvalue weighted by molar-refractivity contribution is 8.00. The highest BCUT2D eigenvalue weighted by atomic mass is 32.2. The first-order valence-corrected chi connectivity index (χ1v) is 10.0. The van der Waals surface area contributed by atoms with Gasteiger partial charge in [0.05, 0.1) is 11.8 Å². The average Bonchev–Trinajstić information content (AvgIpc) is 2.98. The minimum atomic E-state index is -0.132. The van der Waals surface area contributed by atoms with Crippen LogP contribution in [0.2, 0.25) is 0 Å². The number of carbonyl (C=O) groups excluding carboxylic acids is 1. The fourth-order valence-corrected chi connectivity index (χ4v) is 4.24. The van der Waals surface area contributed by atoms with Crippen molar-refractivity contribution in [1.29, 1.82) is 0 Å². The molecule has 3 heterocycles. The minimum Gasteiger partial charge on any atom is -0.355 e. The maximum Gasteiger partial charge on any atom is 0.233 e. The molecule has 0 radical (unpaired) electrons. The van der Waals surface area contributed by atoms with Gasteiger partial charge < -0.3 is 5.32 Å². The number of thioether (sulfide) groups is 1. The van der Waals surface area contributed by atoms with Crippen molar-refractivity contribution in [2.24, 2.45) is 0 Å². The summed E-state index contributed by atoms with van der Waals surface area (Å²) in [7, 11) is 0. The van der Waals surface area contributed by atoms with Crippen LogP contribution in [0.3, 0.4) is 0 Å². The van der Waals surface area contributed by atoms with Gasteiger partial charge in [0, 0.05) is 24.5 Å². The molecule has 6 nitrogen and oxygen atoms in total. The van der Waals surface area contributed by atoms with Crippen LogP contribution in [0.25, 0.3) is 11.4 Å². The number of nitrogens with one attached hydrogen (secondary N) is 1. The lowest BCUT2D eigenvalue weighted by Gasteiger charge is -2.14. The van der Waals surface area contributed by atoms with Crippen LogP contribution in [0.1, 0.15) is 24.8 Å². The van der Waals surface area contributed by atoms with Gasteiger partial charge in [0.15, 0.2) is 11.0 Å². The second-order valence-corrected chi connectivity index (χ2v) is 7.68. The zero-order valence-electron chi connectivity index (χ0n) is 14.9. The number of nitrogens with zero attached hydrogens (tertiary/aromatic N) is 4. The Morgan fingerprint density at radius 2 is 2.00 bits per heavy atom. The van der Waals surface area contributed by atoms with E-state index in [0.29, 0.717) is 6.54 Å². The minimum absolute atomic E-state index is 0.0923. The van der Waals surface area contributed by atoms with Crippen LogP contribution >= 0.6 is 11.8 Å². The first-order chi connectivity index (χ1) is 13.3. The Labute approximate surface area is 162 Å². The molecule has 27 heavy (non-hydrogen) atoms. The van der Waals surface area contributed by atoms with Gasteiger partial charge in [-0.2, -0.15) is 0 Å². The lowest BCUT2D eigenvalue weighted by molar-refractivity contribution is -0.120. The van der Waals surface area contributed by atoms with Crippen molar-refractivity contribution in [2.75, 3.05) is 6.54 Å². The molecule has 138 valence electrons. The van der Waals surface area contributed by atoms with Gasteiger partial charge in [0.1, 0.15) is 0 Å². The number of carbonyl (C=O) groups is 1. The van der Waals surface area contributed by atoms with E-state index in [1.54, 1.807) is 12.4 Å². The van der Waals surface area contributed by atoms with Crippen molar-refractivity contribution >= 4 is 17.7 Å². The number of aromatic nitrogens is 4. The fraction of sp³-hybridized carbons (Fsp3) is 0.300. The maximum atomic E-state index is 12.4. The summed E-state index contributed by atoms with van der Waals surface area (Å²) in [6.45, 7) is 1.41. The van der Waals surface area contributed by atoms with Crippen molar-refractivity contribution in [3.63, 3.8) is 0 Å². The number of amides is 1. The largest absolute Gasteiger partial charge is 0.355 e. The molecule has 1 N–H and O–H groups in total. The van der Waals surface area contributed by atoms with Crippen LogP contribution in [-0.2, 0) is 11.3 Å². The summed E-state index contributed by atoms with van der Waals surface area (Å²) in [4.78, 5) is 16.6. The molecule has 7 heteroatoms. The molecule has 0 bridgehead atoms. The number of benzene rings is 1. The third kappa shape index (κ3) is 4.19. The predicted molar refractivity (Wildman–Crippen MR) is 105 cm³/mol. The molecule has 1 unspecified atom stereocenters. The van der Waals surface area contributed by atoms with E-state index < -0.39 is 0 Å². The maximum absolute atomic E-state index is 12.4. The first kappa shape index (κ1) is 17.7. The number of hydrogen-bond donors (Lipinski definition) is 1. The van der Waals surface area contributed by atoms with E-state index in [9.17, 15) is 4.79 Å². The summed E-state index contributed by atoms with van der Waals surface area (Å²) in [5.74, 6) is 0.859. The van der Waals surface area contributed by atoms with E-state index in [4.69, 9.17) is 0 Å². The Bertz CT molecular complexity index is 897. The SMILES string of the molecule is O=C1NCCCCC1Sc1nnc(-c2cccnc2)n1Cc1ccccc1. The van der Waals surface area contributed by atoms with Gasteiger partial charge in [-0.05, 0) is 30.5 Å². The van der Waals surface area contributed by atoms with E-state index in [1.807, 2.05) is 30.3 Å². The van der Waals surface area contributed by atoms with Gasteiger partial charge in [-0.15, -0.1) is 10.2 Å². The molecule has 0 saturated carbocycles. The Hall–Kier alpha value is -2.67. The summed E-state index contributed by atoms with van der Waals surface area (Å²) in [6.07, 6.45) is 6.46. The Kier molecular flexibility index (Phi) is 5.48. The van der Waals surface area contributed by atoms with Crippen LogP contribution in [0, 0.1) is 0 Å². The van der Waals surface area contributed by atoms with Crippen molar-refractivity contribution < 1.29 is 4.79 Å². The topological polar surface area (TPSA) is 72.7 Å². The van der Waals surface area contributed by atoms with Crippen molar-refractivity contribution in [2.45, 2.75) is 36.2 Å². The second-order valence-electron chi connectivity index (χ2n) is 6.51. The summed E-state index contributed by atoms with van der Waals surface area (Å²) in [5.41, 5.74) is 2.08. The molecule has 1 atom stereocenters. The lowest BCUT2D eigenvalue weighted by Crippen LogP contribution is -2.30. The smallest absolute Gasteiger partial charge is 0.233 e. The third-order valence-electron chi connectivity index (χ3n) is 4.55. The van der Waals surface area contributed by atoms with Crippen LogP contribution < -0.4 is 5.32 Å². The predicted octanol–water partition coefficient (Wildman–Crippen LogP) is 3.15. The van der Waals surface area contributed by atoms with Gasteiger partial charge >= 0.3 is 0 Å². The molecule has 2 aromatic heterocycles. The number of hydrogen-bond acceptors (Lipinski definition) is 5. The molecule has 1 aliphatic rings. The van der Waals surface area contributed by atoms with E-state index in [1.165, 1.54) is 11.8 Å². The first-order valence-electron chi connectivity index (χ1n) is 9.13. The zero-order valence-corrected chi connectivity index (χ0v) is 15.7. The fourth-order valence-electron chi connectivity index (χ4n) is 3.14. The van der Waals surface area contributed by atoms with E-state index in [2.05, 4.69) is 37.2 Å². The van der Waals surface area contributed by atoms with Gasteiger partial charge in [-0.1, -0.05) is 48.5 Å². The summed E-state index contributed by atoms with van der Waals surface area (Å²) in [5, 5.41) is 12.5. The lowest BCUT2D eigenvalue weighted by atomic mass is 10.2. The highest BCUT2D eigenvalue weighted by Gasteiger charge is 2.25. The zero-order chi connectivity index (χ0) is 18.5. The third-order valence-corrected chi connectivity index (χ3v) is 5.80. The van der Waals surface area contributed by atoms with Crippen molar-refractivity contribution in [1.82, 2.24) is 25.1 Å². The van der Waals surface area contributed by atoms with Crippen LogP contribution in [0.4, 0.5) is 0 Å². The Balaban J connectivity index is 1.68. The van der Waals surface area contributed by atoms with E-state index in [-0.39, 0.29) is 11.2 Å². The molecule has 1 aromatic carbocycles. The molecule has 3 aromatic rings. The molecule has 1 aliphatic heterocycles. The van der Waals surface area contributed by atoms with Crippen molar-refractivity contribution in [3.05, 3.63) is 60.4 Å². The van der Waals surface area contributed by atoms with Gasteiger partial charge in [0.25, 0.3) is 0 Å². The van der Waals surface area contributed by atoms with Crippen LogP contribution in [0.5, 0.6) is 0 Å². The van der Waals surface area contributed by atoms with E-state index >= 15 is 0 Å². The van der Waals surface area contributed by atoms with Crippen molar-refractivity contribution in [3.8, 4) is 11.4 Å². The standard InChI is InChI=1S/C20H21N5OS/c26-19-17(10-4-5-12-22-19)27-20-24-23-18(16-9-6-11-21-13-16)25(20)14-15-7-2-1-3-8-15/h1-3,6-9,11,13,17H,4-5,10,12,14H2,(H,22,26). The van der Waals surface area contributed by atoms with Gasteiger partial charge in [-0.25, -0.2) is 0 Å². The Morgan fingerprint density at radius 1 is 1.11 bits per heavy atom. The summed E-state index contributed by atoms with van der Waals surface area (Å²) >= 11 is 1.50. The summed E-state index contributed by atoms with van der Waals surface area (Å²) < 4.78 is 2.08. The van der Waals surface area contributed by atoms with E-state index in [0.717, 1.165) is 47.9 Å². The quantitative estimate of drug-likeness (QED) is 0.737. The molecular weight excluding hydrogens is 358 g/mol. The molecular formula is C20H21N5OS. The average molecular weight is 379 g/mol. The molecule has 1 amide bonds. The van der Waals surface area contributed by atoms with Gasteiger partial charge in [0.2, 0.25) is 5.91 Å². The monoisotopic (exact) mass is 379 g/mol. The normalized spacial score (nSPS) is 17.3. The second kappa shape index (κ2) is 8.35. The number of rotatable bonds is 5. The highest BCUT2D eigenvalue weighted by Crippen LogP contribution is 2.30. The number of pyridine rings is 1. The molecule has 4 rings (SSSR count). The molecule has 1 fully saturated rings. The Morgan fingerprint density at radius 3 is 2.81 bits per heavy atom. The van der Waals surface area contributed by atoms with Gasteiger partial charge in [-0.3, -0.25) is 14.3 Å². The van der Waals surface area contributed by atoms with Crippen LogP contribution in [-0.4, -0.2) is 37.5 Å². The molecule has 0 aliphatic carbocycles. The molecule has 0 spiro atoms. The van der Waals surface area contributed by atoms with Crippen LogP contribution in [0.15, 0.2) is 60.0 Å². The summed E-state index contributed by atoms with van der Waals surface area (Å²) in [6, 6.07) is 14.1. The molecule has 1 saturated heterocycles.